The van der Waals surface area contributed by atoms with Crippen molar-refractivity contribution in [1.82, 2.24) is 10.6 Å². The second-order valence-corrected chi connectivity index (χ2v) is 6.38. The highest BCUT2D eigenvalue weighted by Gasteiger charge is 2.38. The molecule has 3 nitrogen and oxygen atoms in total. The van der Waals surface area contributed by atoms with Gasteiger partial charge in [-0.2, -0.15) is 11.8 Å². The number of carbonyl (C=O) groups is 1. The standard InChI is InChI=1S/C13H24N2OS/c1-9(8-17-2)14-13(16)12-7-10-5-3-4-6-11(10)15-12/h9-12,15H,3-8H2,1-2H3,(H,14,16)/t9-,10-,11-,12-/m0/s1. The number of amides is 1. The minimum absolute atomic E-state index is 0.0624. The summed E-state index contributed by atoms with van der Waals surface area (Å²) >= 11 is 1.78. The van der Waals surface area contributed by atoms with Crippen LogP contribution in [-0.4, -0.2) is 36.0 Å². The molecule has 0 spiro atoms. The molecule has 2 N–H and O–H groups in total. The molecule has 1 heterocycles. The number of hydrogen-bond acceptors (Lipinski definition) is 3. The van der Waals surface area contributed by atoms with Gasteiger partial charge in [-0.1, -0.05) is 12.8 Å². The summed E-state index contributed by atoms with van der Waals surface area (Å²) in [4.78, 5) is 12.1. The average molecular weight is 256 g/mol. The maximum atomic E-state index is 12.1. The Morgan fingerprint density at radius 3 is 2.94 bits per heavy atom. The molecule has 0 bridgehead atoms. The lowest BCUT2D eigenvalue weighted by atomic mass is 9.85. The first-order chi connectivity index (χ1) is 8.20. The van der Waals surface area contributed by atoms with E-state index in [0.29, 0.717) is 6.04 Å². The Balaban J connectivity index is 1.80. The van der Waals surface area contributed by atoms with Crippen molar-refractivity contribution in [1.29, 1.82) is 0 Å². The van der Waals surface area contributed by atoms with Crippen molar-refractivity contribution in [3.63, 3.8) is 0 Å². The topological polar surface area (TPSA) is 41.1 Å². The molecule has 4 heteroatoms. The normalized spacial score (nSPS) is 34.1. The van der Waals surface area contributed by atoms with Gasteiger partial charge in [0.05, 0.1) is 6.04 Å². The summed E-state index contributed by atoms with van der Waals surface area (Å²) in [6, 6.07) is 0.949. The van der Waals surface area contributed by atoms with Crippen molar-refractivity contribution in [2.45, 2.75) is 57.2 Å². The van der Waals surface area contributed by atoms with E-state index in [0.717, 1.165) is 18.1 Å². The molecule has 0 aromatic rings. The Labute approximate surface area is 108 Å². The number of fused-ring (bicyclic) bond motifs is 1. The molecule has 98 valence electrons. The number of thioether (sulfide) groups is 1. The summed E-state index contributed by atoms with van der Waals surface area (Å²) < 4.78 is 0. The number of nitrogens with one attached hydrogen (secondary N) is 2. The molecule has 1 amide bonds. The highest BCUT2D eigenvalue weighted by atomic mass is 32.2. The third kappa shape index (κ3) is 3.38. The van der Waals surface area contributed by atoms with Gasteiger partial charge in [-0.25, -0.2) is 0 Å². The summed E-state index contributed by atoms with van der Waals surface area (Å²) in [5.74, 6) is 1.95. The molecular formula is C13H24N2OS. The van der Waals surface area contributed by atoms with Gasteiger partial charge in [0, 0.05) is 17.8 Å². The Bertz CT molecular complexity index is 258. The van der Waals surface area contributed by atoms with Gasteiger partial charge in [0.25, 0.3) is 0 Å². The molecule has 2 fully saturated rings. The van der Waals surface area contributed by atoms with Crippen LogP contribution in [0.1, 0.15) is 39.0 Å². The molecule has 0 aromatic carbocycles. The fourth-order valence-electron chi connectivity index (χ4n) is 3.16. The van der Waals surface area contributed by atoms with Gasteiger partial charge in [-0.3, -0.25) is 4.79 Å². The van der Waals surface area contributed by atoms with Crippen LogP contribution in [0, 0.1) is 5.92 Å². The first-order valence-corrected chi connectivity index (χ1v) is 8.15. The molecule has 1 saturated carbocycles. The summed E-state index contributed by atoms with van der Waals surface area (Å²) in [6.07, 6.45) is 8.36. The highest BCUT2D eigenvalue weighted by Crippen LogP contribution is 2.33. The molecular weight excluding hydrogens is 232 g/mol. The largest absolute Gasteiger partial charge is 0.351 e. The van der Waals surface area contributed by atoms with E-state index in [1.54, 1.807) is 11.8 Å². The van der Waals surface area contributed by atoms with Crippen molar-refractivity contribution in [3.05, 3.63) is 0 Å². The smallest absolute Gasteiger partial charge is 0.237 e. The van der Waals surface area contributed by atoms with Gasteiger partial charge in [0.1, 0.15) is 0 Å². The van der Waals surface area contributed by atoms with Crippen LogP contribution in [0.4, 0.5) is 0 Å². The third-order valence-corrected chi connectivity index (χ3v) is 4.82. The van der Waals surface area contributed by atoms with E-state index in [1.807, 2.05) is 0 Å². The van der Waals surface area contributed by atoms with Crippen molar-refractivity contribution in [2.75, 3.05) is 12.0 Å². The average Bonchev–Trinajstić information content (AvgIpc) is 2.72. The summed E-state index contributed by atoms with van der Waals surface area (Å²) in [5, 5.41) is 6.63. The van der Waals surface area contributed by atoms with E-state index in [9.17, 15) is 4.79 Å². The second-order valence-electron chi connectivity index (χ2n) is 5.47. The first kappa shape index (κ1) is 13.2. The van der Waals surface area contributed by atoms with Crippen LogP contribution in [0.5, 0.6) is 0 Å². The van der Waals surface area contributed by atoms with Crippen LogP contribution in [0.15, 0.2) is 0 Å². The Morgan fingerprint density at radius 2 is 2.24 bits per heavy atom. The summed E-state index contributed by atoms with van der Waals surface area (Å²) in [5.41, 5.74) is 0. The number of carbonyl (C=O) groups excluding carboxylic acids is 1. The van der Waals surface area contributed by atoms with Gasteiger partial charge in [0.15, 0.2) is 0 Å². The van der Waals surface area contributed by atoms with Crippen molar-refractivity contribution in [3.8, 4) is 0 Å². The van der Waals surface area contributed by atoms with E-state index < -0.39 is 0 Å². The molecule has 17 heavy (non-hydrogen) atoms. The van der Waals surface area contributed by atoms with Crippen LogP contribution in [-0.2, 0) is 4.79 Å². The summed E-state index contributed by atoms with van der Waals surface area (Å²) in [6.45, 7) is 2.08. The SMILES string of the molecule is CSC[C@H](C)NC(=O)[C@@H]1C[C@@H]2CCCC[C@@H]2N1. The van der Waals surface area contributed by atoms with Crippen LogP contribution < -0.4 is 10.6 Å². The van der Waals surface area contributed by atoms with Gasteiger partial charge in [-0.05, 0) is 38.4 Å². The molecule has 0 aromatic heterocycles. The van der Waals surface area contributed by atoms with Crippen LogP contribution in [0.3, 0.4) is 0 Å². The predicted molar refractivity (Wildman–Crippen MR) is 73.3 cm³/mol. The number of rotatable bonds is 4. The van der Waals surface area contributed by atoms with E-state index in [1.165, 1.54) is 25.7 Å². The van der Waals surface area contributed by atoms with Crippen LogP contribution in [0.25, 0.3) is 0 Å². The van der Waals surface area contributed by atoms with Crippen molar-refractivity contribution >= 4 is 17.7 Å². The van der Waals surface area contributed by atoms with Gasteiger partial charge in [-0.15, -0.1) is 0 Å². The second kappa shape index (κ2) is 6.10. The minimum Gasteiger partial charge on any atom is -0.351 e. The van der Waals surface area contributed by atoms with Crippen LogP contribution >= 0.6 is 11.8 Å². The molecule has 0 radical (unpaired) electrons. The molecule has 1 aliphatic carbocycles. The maximum Gasteiger partial charge on any atom is 0.237 e. The fraction of sp³-hybridized carbons (Fsp3) is 0.923. The zero-order valence-electron chi connectivity index (χ0n) is 10.9. The van der Waals surface area contributed by atoms with Gasteiger partial charge < -0.3 is 10.6 Å². The Hall–Kier alpha value is -0.220. The van der Waals surface area contributed by atoms with E-state index in [4.69, 9.17) is 0 Å². The van der Waals surface area contributed by atoms with Gasteiger partial charge >= 0.3 is 0 Å². The summed E-state index contributed by atoms with van der Waals surface area (Å²) in [7, 11) is 0. The molecule has 2 rings (SSSR count). The lowest BCUT2D eigenvalue weighted by molar-refractivity contribution is -0.123. The Kier molecular flexibility index (Phi) is 4.74. The highest BCUT2D eigenvalue weighted by molar-refractivity contribution is 7.98. The zero-order chi connectivity index (χ0) is 12.3. The molecule has 2 aliphatic rings. The molecule has 4 atom stereocenters. The molecule has 1 saturated heterocycles. The Morgan fingerprint density at radius 1 is 1.47 bits per heavy atom. The predicted octanol–water partition coefficient (Wildman–Crippen LogP) is 1.77. The lowest BCUT2D eigenvalue weighted by Gasteiger charge is -2.24. The number of hydrogen-bond donors (Lipinski definition) is 2. The maximum absolute atomic E-state index is 12.1. The quantitative estimate of drug-likeness (QED) is 0.805. The minimum atomic E-state index is 0.0624. The van der Waals surface area contributed by atoms with E-state index in [2.05, 4.69) is 23.8 Å². The first-order valence-electron chi connectivity index (χ1n) is 6.76. The zero-order valence-corrected chi connectivity index (χ0v) is 11.7. The monoisotopic (exact) mass is 256 g/mol. The van der Waals surface area contributed by atoms with Crippen molar-refractivity contribution < 1.29 is 4.79 Å². The van der Waals surface area contributed by atoms with E-state index in [-0.39, 0.29) is 18.0 Å². The third-order valence-electron chi connectivity index (χ3n) is 3.98. The van der Waals surface area contributed by atoms with Crippen molar-refractivity contribution in [2.24, 2.45) is 5.92 Å². The van der Waals surface area contributed by atoms with Gasteiger partial charge in [0.2, 0.25) is 5.91 Å². The molecule has 0 unspecified atom stereocenters. The van der Waals surface area contributed by atoms with Crippen LogP contribution in [0.2, 0.25) is 0 Å². The fourth-order valence-corrected chi connectivity index (χ4v) is 3.74. The molecule has 1 aliphatic heterocycles. The lowest BCUT2D eigenvalue weighted by Crippen LogP contribution is -2.46. The van der Waals surface area contributed by atoms with E-state index >= 15 is 0 Å².